The van der Waals surface area contributed by atoms with Gasteiger partial charge in [-0.3, -0.25) is 0 Å². The highest BCUT2D eigenvalue weighted by Crippen LogP contribution is 2.24. The number of fused-ring (bicyclic) bond motifs is 1. The van der Waals surface area contributed by atoms with Crippen molar-refractivity contribution in [3.63, 3.8) is 0 Å². The summed E-state index contributed by atoms with van der Waals surface area (Å²) in [6.45, 7) is 4.44. The average molecular weight is 260 g/mol. The van der Waals surface area contributed by atoms with Crippen molar-refractivity contribution in [1.29, 1.82) is 0 Å². The Morgan fingerprint density at radius 2 is 1.82 bits per heavy atom. The van der Waals surface area contributed by atoms with Gasteiger partial charge in [0.25, 0.3) is 0 Å². The largest absolute Gasteiger partial charge is 0.114 e. The van der Waals surface area contributed by atoms with Crippen LogP contribution in [0.5, 0.6) is 0 Å². The number of hydrogen-bond acceptors (Lipinski definition) is 2. The van der Waals surface area contributed by atoms with Gasteiger partial charge in [0.1, 0.15) is 0 Å². The molecule has 0 radical (unpaired) electrons. The van der Waals surface area contributed by atoms with E-state index in [9.17, 15) is 0 Å². The third-order valence-corrected chi connectivity index (χ3v) is 4.45. The van der Waals surface area contributed by atoms with Crippen LogP contribution < -0.4 is 0 Å². The second-order valence-electron chi connectivity index (χ2n) is 4.52. The Balaban J connectivity index is 2.32. The van der Waals surface area contributed by atoms with E-state index in [0.29, 0.717) is 5.92 Å². The SMILES string of the molecule is CC(C)CSC(=S)c1cccc2ccccc12. The smallest absolute Gasteiger partial charge is 0.0784 e. The molecule has 2 aromatic rings. The molecule has 0 nitrogen and oxygen atoms in total. The Labute approximate surface area is 112 Å². The molecule has 0 aliphatic heterocycles. The zero-order valence-corrected chi connectivity index (χ0v) is 11.8. The van der Waals surface area contributed by atoms with Gasteiger partial charge in [0, 0.05) is 11.3 Å². The lowest BCUT2D eigenvalue weighted by Gasteiger charge is -2.09. The van der Waals surface area contributed by atoms with Crippen molar-refractivity contribution in [3.05, 3.63) is 48.0 Å². The van der Waals surface area contributed by atoms with Crippen LogP contribution in [-0.2, 0) is 0 Å². The number of hydrogen-bond donors (Lipinski definition) is 0. The third-order valence-electron chi connectivity index (χ3n) is 2.56. The van der Waals surface area contributed by atoms with Crippen molar-refractivity contribution in [3.8, 4) is 0 Å². The van der Waals surface area contributed by atoms with Gasteiger partial charge >= 0.3 is 0 Å². The van der Waals surface area contributed by atoms with Gasteiger partial charge in [-0.15, -0.1) is 11.8 Å². The molecule has 0 saturated heterocycles. The van der Waals surface area contributed by atoms with Crippen LogP contribution in [0, 0.1) is 5.92 Å². The van der Waals surface area contributed by atoms with Crippen LogP contribution in [0.25, 0.3) is 10.8 Å². The summed E-state index contributed by atoms with van der Waals surface area (Å²) in [7, 11) is 0. The van der Waals surface area contributed by atoms with Crippen molar-refractivity contribution >= 4 is 38.9 Å². The number of benzene rings is 2. The van der Waals surface area contributed by atoms with Gasteiger partial charge in [-0.1, -0.05) is 68.5 Å². The molecule has 88 valence electrons. The number of thioether (sulfide) groups is 1. The molecule has 17 heavy (non-hydrogen) atoms. The molecule has 0 atom stereocenters. The lowest BCUT2D eigenvalue weighted by molar-refractivity contribution is 0.752. The third kappa shape index (κ3) is 3.08. The first-order valence-corrected chi connectivity index (χ1v) is 7.23. The van der Waals surface area contributed by atoms with Crippen LogP contribution in [-0.4, -0.2) is 9.95 Å². The van der Waals surface area contributed by atoms with E-state index in [-0.39, 0.29) is 0 Å². The standard InChI is InChI=1S/C15H16S2/c1-11(2)10-17-15(16)14-9-5-7-12-6-3-4-8-13(12)14/h3-9,11H,10H2,1-2H3. The van der Waals surface area contributed by atoms with Crippen LogP contribution in [0.1, 0.15) is 19.4 Å². The normalized spacial score (nSPS) is 11.0. The Hall–Kier alpha value is -0.860. The minimum Gasteiger partial charge on any atom is -0.114 e. The summed E-state index contributed by atoms with van der Waals surface area (Å²) in [5.74, 6) is 1.76. The molecule has 2 rings (SSSR count). The minimum atomic E-state index is 0.674. The monoisotopic (exact) mass is 260 g/mol. The molecule has 2 heteroatoms. The van der Waals surface area contributed by atoms with E-state index < -0.39 is 0 Å². The highest BCUT2D eigenvalue weighted by Gasteiger charge is 2.07. The summed E-state index contributed by atoms with van der Waals surface area (Å²) in [6.07, 6.45) is 0. The Kier molecular flexibility index (Phi) is 4.19. The van der Waals surface area contributed by atoms with Gasteiger partial charge in [0.15, 0.2) is 0 Å². The first kappa shape index (κ1) is 12.6. The fourth-order valence-corrected chi connectivity index (χ4v) is 2.92. The van der Waals surface area contributed by atoms with Gasteiger partial charge in [-0.25, -0.2) is 0 Å². The molecule has 0 fully saturated rings. The van der Waals surface area contributed by atoms with Crippen LogP contribution in [0.4, 0.5) is 0 Å². The molecule has 0 amide bonds. The molecule has 0 bridgehead atoms. The lowest BCUT2D eigenvalue weighted by atomic mass is 10.1. The molecule has 0 unspecified atom stereocenters. The zero-order chi connectivity index (χ0) is 12.3. The van der Waals surface area contributed by atoms with Crippen LogP contribution >= 0.6 is 24.0 Å². The molecule has 0 aliphatic rings. The second-order valence-corrected chi connectivity index (χ2v) is 6.22. The van der Waals surface area contributed by atoms with Gasteiger partial charge in [-0.2, -0.15) is 0 Å². The minimum absolute atomic E-state index is 0.674. The quantitative estimate of drug-likeness (QED) is 0.720. The molecule has 0 N–H and O–H groups in total. The summed E-state index contributed by atoms with van der Waals surface area (Å²) < 4.78 is 1.01. The van der Waals surface area contributed by atoms with Gasteiger partial charge in [-0.05, 0) is 16.7 Å². The van der Waals surface area contributed by atoms with Crippen LogP contribution in [0.3, 0.4) is 0 Å². The maximum Gasteiger partial charge on any atom is 0.0784 e. The van der Waals surface area contributed by atoms with Gasteiger partial charge in [0.05, 0.1) is 4.20 Å². The van der Waals surface area contributed by atoms with Crippen molar-refractivity contribution in [2.75, 3.05) is 5.75 Å². The molecule has 2 aromatic carbocycles. The topological polar surface area (TPSA) is 0 Å². The predicted molar refractivity (Wildman–Crippen MR) is 82.9 cm³/mol. The van der Waals surface area contributed by atoms with Crippen LogP contribution in [0.15, 0.2) is 42.5 Å². The molecule has 0 aliphatic carbocycles. The number of rotatable bonds is 3. The maximum atomic E-state index is 5.53. The maximum absolute atomic E-state index is 5.53. The predicted octanol–water partition coefficient (Wildman–Crippen LogP) is 4.90. The van der Waals surface area contributed by atoms with Crippen molar-refractivity contribution in [2.24, 2.45) is 5.92 Å². The lowest BCUT2D eigenvalue weighted by Crippen LogP contribution is -1.98. The fraction of sp³-hybridized carbons (Fsp3) is 0.267. The van der Waals surface area contributed by atoms with E-state index in [1.54, 1.807) is 11.8 Å². The summed E-state index contributed by atoms with van der Waals surface area (Å²) in [4.78, 5) is 0. The summed E-state index contributed by atoms with van der Waals surface area (Å²) >= 11 is 7.31. The summed E-state index contributed by atoms with van der Waals surface area (Å²) in [5.41, 5.74) is 1.20. The summed E-state index contributed by atoms with van der Waals surface area (Å²) in [6, 6.07) is 14.8. The zero-order valence-electron chi connectivity index (χ0n) is 10.1. The first-order chi connectivity index (χ1) is 8.18. The number of thiocarbonyl (C=S) groups is 1. The second kappa shape index (κ2) is 5.65. The molecule has 0 spiro atoms. The Morgan fingerprint density at radius 3 is 2.59 bits per heavy atom. The molecule has 0 aromatic heterocycles. The molecule has 0 heterocycles. The highest BCUT2D eigenvalue weighted by molar-refractivity contribution is 8.23. The van der Waals surface area contributed by atoms with E-state index in [2.05, 4.69) is 56.3 Å². The van der Waals surface area contributed by atoms with E-state index in [4.69, 9.17) is 12.2 Å². The van der Waals surface area contributed by atoms with Crippen LogP contribution in [0.2, 0.25) is 0 Å². The van der Waals surface area contributed by atoms with Crippen molar-refractivity contribution in [1.82, 2.24) is 0 Å². The Morgan fingerprint density at radius 1 is 1.12 bits per heavy atom. The first-order valence-electron chi connectivity index (χ1n) is 5.83. The van der Waals surface area contributed by atoms with Crippen molar-refractivity contribution < 1.29 is 0 Å². The summed E-state index contributed by atoms with van der Waals surface area (Å²) in [5, 5.41) is 2.52. The highest BCUT2D eigenvalue weighted by atomic mass is 32.2. The van der Waals surface area contributed by atoms with Gasteiger partial charge < -0.3 is 0 Å². The van der Waals surface area contributed by atoms with Gasteiger partial charge in [0.2, 0.25) is 0 Å². The Bertz CT molecular complexity index is 524. The van der Waals surface area contributed by atoms with E-state index in [1.165, 1.54) is 16.3 Å². The van der Waals surface area contributed by atoms with Crippen molar-refractivity contribution in [2.45, 2.75) is 13.8 Å². The fourth-order valence-electron chi connectivity index (χ4n) is 1.72. The molecular formula is C15H16S2. The average Bonchev–Trinajstić information content (AvgIpc) is 2.35. The molecular weight excluding hydrogens is 244 g/mol. The van der Waals surface area contributed by atoms with E-state index in [1.807, 2.05) is 0 Å². The molecule has 0 saturated carbocycles. The van der Waals surface area contributed by atoms with E-state index in [0.717, 1.165) is 9.95 Å². The van der Waals surface area contributed by atoms with E-state index >= 15 is 0 Å².